The highest BCUT2D eigenvalue weighted by atomic mass is 32.1. The van der Waals surface area contributed by atoms with Gasteiger partial charge in [-0.15, -0.1) is 11.3 Å². The largest absolute Gasteiger partial charge is 0.544 e. The number of carboxylic acid groups (broad SMARTS) is 1. The van der Waals surface area contributed by atoms with Crippen LogP contribution in [0.4, 0.5) is 0 Å². The molecule has 0 aliphatic heterocycles. The molecule has 0 amide bonds. The molecule has 2 aromatic rings. The number of carboxylic acids is 1. The Morgan fingerprint density at radius 2 is 2.16 bits per heavy atom. The average molecular weight is 276 g/mol. The number of carbonyl (C=O) groups excluding carboxylic acids is 1. The number of thiazole rings is 1. The van der Waals surface area contributed by atoms with Crippen molar-refractivity contribution in [3.63, 3.8) is 0 Å². The SMILES string of the molecule is Cc1nc(-c2cccc(C[NH+](C)C)c2)sc1C(=O)[O-]. The Labute approximate surface area is 116 Å². The lowest BCUT2D eigenvalue weighted by Gasteiger charge is -2.07. The summed E-state index contributed by atoms with van der Waals surface area (Å²) in [4.78, 5) is 16.8. The highest BCUT2D eigenvalue weighted by molar-refractivity contribution is 7.17. The second kappa shape index (κ2) is 5.50. The van der Waals surface area contributed by atoms with Crippen LogP contribution in [0.25, 0.3) is 10.6 Å². The number of aromatic carboxylic acids is 1. The van der Waals surface area contributed by atoms with E-state index in [-0.39, 0.29) is 4.88 Å². The molecule has 2 rings (SSSR count). The van der Waals surface area contributed by atoms with Crippen LogP contribution in [0.1, 0.15) is 20.9 Å². The molecule has 100 valence electrons. The zero-order chi connectivity index (χ0) is 14.0. The minimum Gasteiger partial charge on any atom is -0.544 e. The van der Waals surface area contributed by atoms with E-state index < -0.39 is 5.97 Å². The summed E-state index contributed by atoms with van der Waals surface area (Å²) in [6, 6.07) is 8.05. The van der Waals surface area contributed by atoms with Gasteiger partial charge in [-0.1, -0.05) is 18.2 Å². The van der Waals surface area contributed by atoms with Crippen LogP contribution in [0.3, 0.4) is 0 Å². The molecule has 1 N–H and O–H groups in total. The van der Waals surface area contributed by atoms with E-state index in [9.17, 15) is 9.90 Å². The predicted octanol–water partition coefficient (Wildman–Crippen LogP) is 0.127. The molecule has 0 atom stereocenters. The van der Waals surface area contributed by atoms with Gasteiger partial charge in [-0.2, -0.15) is 0 Å². The van der Waals surface area contributed by atoms with E-state index >= 15 is 0 Å². The van der Waals surface area contributed by atoms with Gasteiger partial charge in [0, 0.05) is 11.1 Å². The highest BCUT2D eigenvalue weighted by Gasteiger charge is 2.11. The van der Waals surface area contributed by atoms with Gasteiger partial charge in [-0.25, -0.2) is 4.98 Å². The Bertz CT molecular complexity index is 605. The summed E-state index contributed by atoms with van der Waals surface area (Å²) < 4.78 is 0. The predicted molar refractivity (Wildman–Crippen MR) is 73.1 cm³/mol. The smallest absolute Gasteiger partial charge is 0.124 e. The second-order valence-electron chi connectivity index (χ2n) is 4.81. The summed E-state index contributed by atoms with van der Waals surface area (Å²) in [6.45, 7) is 2.62. The Morgan fingerprint density at radius 1 is 1.42 bits per heavy atom. The minimum atomic E-state index is -1.16. The van der Waals surface area contributed by atoms with Gasteiger partial charge < -0.3 is 14.8 Å². The minimum absolute atomic E-state index is 0.207. The van der Waals surface area contributed by atoms with Gasteiger partial charge >= 0.3 is 0 Å². The molecule has 0 fully saturated rings. The van der Waals surface area contributed by atoms with Crippen molar-refractivity contribution >= 4 is 17.3 Å². The summed E-state index contributed by atoms with van der Waals surface area (Å²) in [5.74, 6) is -1.16. The van der Waals surface area contributed by atoms with Crippen LogP contribution in [-0.2, 0) is 6.54 Å². The summed E-state index contributed by atoms with van der Waals surface area (Å²) in [5, 5.41) is 11.7. The molecule has 0 aliphatic carbocycles. The molecule has 0 saturated heterocycles. The molecule has 0 radical (unpaired) electrons. The van der Waals surface area contributed by atoms with Crippen molar-refractivity contribution in [1.29, 1.82) is 0 Å². The first-order valence-corrected chi connectivity index (χ1v) is 6.86. The fourth-order valence-corrected chi connectivity index (χ4v) is 2.83. The third-order valence-electron chi connectivity index (χ3n) is 2.71. The van der Waals surface area contributed by atoms with Gasteiger partial charge in [0.25, 0.3) is 0 Å². The van der Waals surface area contributed by atoms with E-state index in [2.05, 4.69) is 31.2 Å². The quantitative estimate of drug-likeness (QED) is 0.863. The van der Waals surface area contributed by atoms with Crippen molar-refractivity contribution in [2.75, 3.05) is 14.1 Å². The van der Waals surface area contributed by atoms with Crippen LogP contribution in [-0.4, -0.2) is 25.0 Å². The van der Waals surface area contributed by atoms with Crippen LogP contribution >= 0.6 is 11.3 Å². The molecule has 1 aromatic carbocycles. The van der Waals surface area contributed by atoms with Crippen molar-refractivity contribution in [2.45, 2.75) is 13.5 Å². The van der Waals surface area contributed by atoms with Crippen molar-refractivity contribution < 1.29 is 14.8 Å². The molecule has 0 unspecified atom stereocenters. The summed E-state index contributed by atoms with van der Waals surface area (Å²) in [7, 11) is 4.18. The number of aromatic nitrogens is 1. The van der Waals surface area contributed by atoms with Gasteiger partial charge in [0.15, 0.2) is 0 Å². The van der Waals surface area contributed by atoms with Gasteiger partial charge in [0.05, 0.1) is 30.6 Å². The third kappa shape index (κ3) is 3.19. The van der Waals surface area contributed by atoms with E-state index in [0.717, 1.165) is 17.1 Å². The molecule has 0 saturated carbocycles. The van der Waals surface area contributed by atoms with E-state index in [1.165, 1.54) is 21.8 Å². The second-order valence-corrected chi connectivity index (χ2v) is 5.80. The number of benzene rings is 1. The summed E-state index contributed by atoms with van der Waals surface area (Å²) in [5.41, 5.74) is 2.68. The number of quaternary nitrogens is 1. The third-order valence-corrected chi connectivity index (χ3v) is 3.90. The van der Waals surface area contributed by atoms with Crippen LogP contribution < -0.4 is 10.0 Å². The first kappa shape index (κ1) is 13.7. The molecule has 0 aliphatic rings. The number of hydrogen-bond donors (Lipinski definition) is 1. The van der Waals surface area contributed by atoms with Crippen molar-refractivity contribution in [3.05, 3.63) is 40.4 Å². The zero-order valence-electron chi connectivity index (χ0n) is 11.2. The number of hydrogen-bond acceptors (Lipinski definition) is 4. The first-order chi connectivity index (χ1) is 8.97. The van der Waals surface area contributed by atoms with Crippen LogP contribution in [0.2, 0.25) is 0 Å². The number of carbonyl (C=O) groups is 1. The molecule has 4 nitrogen and oxygen atoms in total. The van der Waals surface area contributed by atoms with Crippen LogP contribution in [0.15, 0.2) is 24.3 Å². The van der Waals surface area contributed by atoms with Crippen molar-refractivity contribution in [2.24, 2.45) is 0 Å². The first-order valence-electron chi connectivity index (χ1n) is 6.04. The average Bonchev–Trinajstić information content (AvgIpc) is 2.71. The van der Waals surface area contributed by atoms with E-state index in [4.69, 9.17) is 0 Å². The Balaban J connectivity index is 2.36. The van der Waals surface area contributed by atoms with E-state index in [0.29, 0.717) is 5.69 Å². The monoisotopic (exact) mass is 276 g/mol. The molecular weight excluding hydrogens is 260 g/mol. The molecule has 5 heteroatoms. The lowest BCUT2D eigenvalue weighted by Crippen LogP contribution is -3.04. The molecule has 0 spiro atoms. The molecule has 0 bridgehead atoms. The van der Waals surface area contributed by atoms with Gasteiger partial charge in [-0.3, -0.25) is 0 Å². The standard InChI is InChI=1S/C14H16N2O2S/c1-9-12(14(17)18)19-13(15-9)11-6-4-5-10(7-11)8-16(2)3/h4-7H,8H2,1-3H3,(H,17,18). The zero-order valence-corrected chi connectivity index (χ0v) is 12.0. The number of rotatable bonds is 4. The fourth-order valence-electron chi connectivity index (χ4n) is 1.93. The molecular formula is C14H16N2O2S. The molecule has 1 heterocycles. The maximum absolute atomic E-state index is 10.9. The van der Waals surface area contributed by atoms with Crippen molar-refractivity contribution in [3.8, 4) is 10.6 Å². The summed E-state index contributed by atoms with van der Waals surface area (Å²) >= 11 is 1.17. The summed E-state index contributed by atoms with van der Waals surface area (Å²) in [6.07, 6.45) is 0. The van der Waals surface area contributed by atoms with Gasteiger partial charge in [0.1, 0.15) is 11.6 Å². The molecule has 19 heavy (non-hydrogen) atoms. The lowest BCUT2D eigenvalue weighted by atomic mass is 10.1. The van der Waals surface area contributed by atoms with Crippen LogP contribution in [0, 0.1) is 6.92 Å². The van der Waals surface area contributed by atoms with E-state index in [1.54, 1.807) is 6.92 Å². The Morgan fingerprint density at radius 3 is 2.74 bits per heavy atom. The maximum Gasteiger partial charge on any atom is 0.124 e. The maximum atomic E-state index is 10.9. The molecule has 1 aromatic heterocycles. The number of nitrogens with zero attached hydrogens (tertiary/aromatic N) is 1. The Hall–Kier alpha value is -1.72. The van der Waals surface area contributed by atoms with E-state index in [1.807, 2.05) is 12.1 Å². The normalized spacial score (nSPS) is 10.9. The lowest BCUT2D eigenvalue weighted by molar-refractivity contribution is -0.872. The van der Waals surface area contributed by atoms with Crippen molar-refractivity contribution in [1.82, 2.24) is 4.98 Å². The number of aryl methyl sites for hydroxylation is 1. The van der Waals surface area contributed by atoms with Crippen LogP contribution in [0.5, 0.6) is 0 Å². The Kier molecular flexibility index (Phi) is 3.97. The number of nitrogens with one attached hydrogen (secondary N) is 1. The van der Waals surface area contributed by atoms with Gasteiger partial charge in [-0.05, 0) is 13.0 Å². The highest BCUT2D eigenvalue weighted by Crippen LogP contribution is 2.27. The van der Waals surface area contributed by atoms with Gasteiger partial charge in [0.2, 0.25) is 0 Å². The fraction of sp³-hybridized carbons (Fsp3) is 0.286. The topological polar surface area (TPSA) is 57.5 Å².